The van der Waals surface area contributed by atoms with Crippen molar-refractivity contribution in [2.24, 2.45) is 0 Å². The fourth-order valence-electron chi connectivity index (χ4n) is 3.45. The fraction of sp³-hybridized carbons (Fsp3) is 0.600. The minimum atomic E-state index is -0.422. The molecule has 0 aliphatic carbocycles. The number of methoxy groups -OCH3 is 1. The number of hydrogen-bond donors (Lipinski definition) is 1. The third-order valence-electron chi connectivity index (χ3n) is 4.86. The van der Waals surface area contributed by atoms with Gasteiger partial charge in [-0.25, -0.2) is 0 Å². The summed E-state index contributed by atoms with van der Waals surface area (Å²) in [7, 11) is 1.66. The number of ether oxygens (including phenoxy) is 1. The predicted molar refractivity (Wildman–Crippen MR) is 107 cm³/mol. The van der Waals surface area contributed by atoms with Crippen LogP contribution < -0.4 is 10.1 Å². The van der Waals surface area contributed by atoms with Crippen molar-refractivity contribution in [1.82, 2.24) is 10.2 Å². The zero-order chi connectivity index (χ0) is 18.9. The predicted octanol–water partition coefficient (Wildman–Crippen LogP) is 3.05. The minimum absolute atomic E-state index is 0.0506. The van der Waals surface area contributed by atoms with Crippen LogP contribution in [0.2, 0.25) is 0 Å². The molecule has 0 spiro atoms. The molecule has 1 N–H and O–H groups in total. The molecular weight excluding hydrogens is 348 g/mol. The van der Waals surface area contributed by atoms with Gasteiger partial charge in [0.25, 0.3) is 0 Å². The lowest BCUT2D eigenvalue weighted by atomic mass is 9.94. The molecule has 0 unspecified atom stereocenters. The smallest absolute Gasteiger partial charge is 0.245 e. The Hall–Kier alpha value is -1.69. The Morgan fingerprint density at radius 1 is 1.31 bits per heavy atom. The second kappa shape index (κ2) is 10.5. The molecule has 0 aromatic heterocycles. The lowest BCUT2D eigenvalue weighted by molar-refractivity contribution is -0.136. The van der Waals surface area contributed by atoms with E-state index in [2.05, 4.69) is 17.4 Å². The van der Waals surface area contributed by atoms with Gasteiger partial charge in [0.05, 0.1) is 7.11 Å². The van der Waals surface area contributed by atoms with Crippen LogP contribution in [0.15, 0.2) is 24.3 Å². The van der Waals surface area contributed by atoms with Crippen LogP contribution in [-0.2, 0) is 9.59 Å². The highest BCUT2D eigenvalue weighted by Crippen LogP contribution is 2.28. The Labute approximate surface area is 160 Å². The zero-order valence-electron chi connectivity index (χ0n) is 16.0. The summed E-state index contributed by atoms with van der Waals surface area (Å²) >= 11 is 1.69. The number of nitrogens with one attached hydrogen (secondary N) is 1. The van der Waals surface area contributed by atoms with Gasteiger partial charge in [0.2, 0.25) is 11.8 Å². The molecular formula is C20H30N2O3S. The van der Waals surface area contributed by atoms with Crippen molar-refractivity contribution in [2.75, 3.05) is 32.2 Å². The summed E-state index contributed by atoms with van der Waals surface area (Å²) < 4.78 is 5.24. The Morgan fingerprint density at radius 3 is 2.65 bits per heavy atom. The standard InChI is InChI=1S/C20H30N2O3S/c1-15(23)21-19(11-13-26-3)20(24)22-12-5-4-6-17(14-22)16-7-9-18(25-2)10-8-16/h7-10,17,19H,4-6,11-14H2,1-3H3,(H,21,23)/t17-,19-/m0/s1. The zero-order valence-corrected chi connectivity index (χ0v) is 16.8. The molecule has 144 valence electrons. The molecule has 2 amide bonds. The minimum Gasteiger partial charge on any atom is -0.497 e. The first-order valence-electron chi connectivity index (χ1n) is 9.24. The van der Waals surface area contributed by atoms with Crippen LogP contribution >= 0.6 is 11.8 Å². The normalized spacial score (nSPS) is 18.7. The molecule has 0 saturated carbocycles. The topological polar surface area (TPSA) is 58.6 Å². The van der Waals surface area contributed by atoms with Crippen LogP contribution in [0, 0.1) is 0 Å². The number of rotatable bonds is 7. The third-order valence-corrected chi connectivity index (χ3v) is 5.50. The maximum Gasteiger partial charge on any atom is 0.245 e. The number of likely N-dealkylation sites (tertiary alicyclic amines) is 1. The van der Waals surface area contributed by atoms with Crippen molar-refractivity contribution in [2.45, 2.75) is 44.6 Å². The van der Waals surface area contributed by atoms with E-state index in [0.717, 1.165) is 37.3 Å². The molecule has 6 heteroatoms. The highest BCUT2D eigenvalue weighted by atomic mass is 32.2. The van der Waals surface area contributed by atoms with E-state index in [4.69, 9.17) is 4.74 Å². The quantitative estimate of drug-likeness (QED) is 0.792. The summed E-state index contributed by atoms with van der Waals surface area (Å²) in [5.41, 5.74) is 1.24. The number of thioether (sulfide) groups is 1. The average molecular weight is 379 g/mol. The van der Waals surface area contributed by atoms with E-state index in [0.29, 0.717) is 18.9 Å². The van der Waals surface area contributed by atoms with Crippen LogP contribution in [0.25, 0.3) is 0 Å². The SMILES string of the molecule is COc1ccc([C@H]2CCCCN(C(=O)[C@H](CCSC)NC(C)=O)C2)cc1. The molecule has 1 aromatic rings. The summed E-state index contributed by atoms with van der Waals surface area (Å²) in [5, 5.41) is 2.84. The Morgan fingerprint density at radius 2 is 2.04 bits per heavy atom. The van der Waals surface area contributed by atoms with Crippen molar-refractivity contribution in [3.8, 4) is 5.75 Å². The molecule has 1 aliphatic heterocycles. The summed E-state index contributed by atoms with van der Waals surface area (Å²) in [6.07, 6.45) is 5.87. The summed E-state index contributed by atoms with van der Waals surface area (Å²) in [5.74, 6) is 1.93. The molecule has 1 heterocycles. The Kier molecular flexibility index (Phi) is 8.29. The van der Waals surface area contributed by atoms with Crippen LogP contribution in [-0.4, -0.2) is 55.0 Å². The van der Waals surface area contributed by atoms with Gasteiger partial charge in [-0.05, 0) is 49.0 Å². The summed E-state index contributed by atoms with van der Waals surface area (Å²) in [6.45, 7) is 2.95. The number of amides is 2. The van der Waals surface area contributed by atoms with Gasteiger partial charge < -0.3 is 15.0 Å². The lowest BCUT2D eigenvalue weighted by Crippen LogP contribution is -2.49. The van der Waals surface area contributed by atoms with Crippen LogP contribution in [0.1, 0.15) is 44.1 Å². The van der Waals surface area contributed by atoms with E-state index in [1.165, 1.54) is 12.5 Å². The lowest BCUT2D eigenvalue weighted by Gasteiger charge is -2.29. The molecule has 26 heavy (non-hydrogen) atoms. The average Bonchev–Trinajstić information content (AvgIpc) is 2.90. The van der Waals surface area contributed by atoms with E-state index in [1.54, 1.807) is 18.9 Å². The fourth-order valence-corrected chi connectivity index (χ4v) is 3.92. The van der Waals surface area contributed by atoms with E-state index in [1.807, 2.05) is 23.3 Å². The van der Waals surface area contributed by atoms with Gasteiger partial charge in [0.15, 0.2) is 0 Å². The number of hydrogen-bond acceptors (Lipinski definition) is 4. The van der Waals surface area contributed by atoms with E-state index >= 15 is 0 Å². The Balaban J connectivity index is 2.10. The molecule has 1 aliphatic rings. The van der Waals surface area contributed by atoms with Crippen molar-refractivity contribution >= 4 is 23.6 Å². The second-order valence-corrected chi connectivity index (χ2v) is 7.77. The van der Waals surface area contributed by atoms with Gasteiger partial charge in [-0.1, -0.05) is 18.6 Å². The van der Waals surface area contributed by atoms with Crippen LogP contribution in [0.5, 0.6) is 5.75 Å². The van der Waals surface area contributed by atoms with Crippen LogP contribution in [0.4, 0.5) is 0 Å². The molecule has 1 fully saturated rings. The van der Waals surface area contributed by atoms with Crippen LogP contribution in [0.3, 0.4) is 0 Å². The Bertz CT molecular complexity index is 591. The summed E-state index contributed by atoms with van der Waals surface area (Å²) in [6, 6.07) is 7.72. The van der Waals surface area contributed by atoms with Crippen molar-refractivity contribution in [3.63, 3.8) is 0 Å². The van der Waals surface area contributed by atoms with Gasteiger partial charge in [0.1, 0.15) is 11.8 Å². The number of nitrogens with zero attached hydrogens (tertiary/aromatic N) is 1. The molecule has 2 atom stereocenters. The van der Waals surface area contributed by atoms with Gasteiger partial charge in [-0.3, -0.25) is 9.59 Å². The van der Waals surface area contributed by atoms with E-state index < -0.39 is 6.04 Å². The monoisotopic (exact) mass is 378 g/mol. The first kappa shape index (κ1) is 20.6. The van der Waals surface area contributed by atoms with Crippen molar-refractivity contribution in [1.29, 1.82) is 0 Å². The third kappa shape index (κ3) is 5.94. The first-order chi connectivity index (χ1) is 12.5. The first-order valence-corrected chi connectivity index (χ1v) is 10.6. The second-order valence-electron chi connectivity index (χ2n) is 6.78. The number of benzene rings is 1. The van der Waals surface area contributed by atoms with Gasteiger partial charge in [0, 0.05) is 25.9 Å². The molecule has 1 saturated heterocycles. The van der Waals surface area contributed by atoms with Gasteiger partial charge in [-0.2, -0.15) is 11.8 Å². The van der Waals surface area contributed by atoms with Crippen molar-refractivity contribution in [3.05, 3.63) is 29.8 Å². The van der Waals surface area contributed by atoms with Gasteiger partial charge >= 0.3 is 0 Å². The molecule has 5 nitrogen and oxygen atoms in total. The largest absolute Gasteiger partial charge is 0.497 e. The van der Waals surface area contributed by atoms with E-state index in [-0.39, 0.29) is 11.8 Å². The highest BCUT2D eigenvalue weighted by Gasteiger charge is 2.28. The molecule has 0 radical (unpaired) electrons. The number of carbonyl (C=O) groups is 2. The highest BCUT2D eigenvalue weighted by molar-refractivity contribution is 7.98. The van der Waals surface area contributed by atoms with E-state index in [9.17, 15) is 9.59 Å². The molecule has 1 aromatic carbocycles. The maximum absolute atomic E-state index is 13.1. The number of carbonyl (C=O) groups excluding carboxylic acids is 2. The molecule has 0 bridgehead atoms. The van der Waals surface area contributed by atoms with Gasteiger partial charge in [-0.15, -0.1) is 0 Å². The summed E-state index contributed by atoms with van der Waals surface area (Å²) in [4.78, 5) is 26.5. The maximum atomic E-state index is 13.1. The molecule has 2 rings (SSSR count). The van der Waals surface area contributed by atoms with Crippen molar-refractivity contribution < 1.29 is 14.3 Å².